The first kappa shape index (κ1) is 37.4. The Hall–Kier alpha value is -5.62. The number of rotatable bonds is 18. The molecule has 0 aromatic heterocycles. The topological polar surface area (TPSA) is 301 Å². The molecular formula is C26H34N6O13. The normalized spacial score (nSPS) is 13.2. The molecule has 19 heteroatoms. The van der Waals surface area contributed by atoms with Crippen molar-refractivity contribution in [2.24, 2.45) is 5.92 Å². The van der Waals surface area contributed by atoms with Crippen molar-refractivity contribution in [3.8, 4) is 0 Å². The van der Waals surface area contributed by atoms with Crippen molar-refractivity contribution in [2.75, 3.05) is 5.32 Å². The lowest BCUT2D eigenvalue weighted by Gasteiger charge is -2.27. The molecule has 0 saturated heterocycles. The molecule has 0 aliphatic heterocycles. The highest BCUT2D eigenvalue weighted by molar-refractivity contribution is 6.01. The summed E-state index contributed by atoms with van der Waals surface area (Å²) >= 11 is 0. The van der Waals surface area contributed by atoms with E-state index in [1.165, 1.54) is 26.0 Å². The van der Waals surface area contributed by atoms with Crippen molar-refractivity contribution >= 4 is 58.8 Å². The van der Waals surface area contributed by atoms with Crippen LogP contribution in [0.25, 0.3) is 0 Å². The molecule has 0 aliphatic rings. The third-order valence-corrected chi connectivity index (χ3v) is 5.96. The van der Waals surface area contributed by atoms with Crippen LogP contribution in [0.4, 0.5) is 11.4 Å². The fourth-order valence-corrected chi connectivity index (χ4v) is 3.77. The number of carbonyl (C=O) groups is 8. The number of nitrogens with zero attached hydrogens (tertiary/aromatic N) is 1. The van der Waals surface area contributed by atoms with Crippen molar-refractivity contribution < 1.29 is 58.6 Å². The Labute approximate surface area is 255 Å². The average molecular weight is 639 g/mol. The third kappa shape index (κ3) is 13.5. The highest BCUT2D eigenvalue weighted by Crippen LogP contribution is 2.16. The standard InChI is InChI=1S/C26H34N6O13/c1-12(2)22(26(43)30-18(11-21(38)39)24(41)28-14-4-6-15(7-5-14)32(44)45)31-23(40)16(8-9-19(34)35)29-25(42)17(10-20(36)37)27-13(3)33/h4-7,12,16-18,22H,8-11H2,1-3H3,(H,27,33)(H,28,41)(H,29,42)(H,30,43)(H,31,40)(H,34,35)(H,36,37)(H,38,39)/t16-,17-,18-,22?/m0/s1. The van der Waals surface area contributed by atoms with Crippen LogP contribution in [-0.4, -0.2) is 91.9 Å². The molecule has 19 nitrogen and oxygen atoms in total. The molecule has 0 aliphatic carbocycles. The predicted molar refractivity (Wildman–Crippen MR) is 151 cm³/mol. The van der Waals surface area contributed by atoms with E-state index in [-0.39, 0.29) is 11.4 Å². The van der Waals surface area contributed by atoms with E-state index in [0.29, 0.717) is 0 Å². The van der Waals surface area contributed by atoms with Crippen molar-refractivity contribution in [2.45, 2.75) is 70.6 Å². The zero-order chi connectivity index (χ0) is 34.4. The van der Waals surface area contributed by atoms with Gasteiger partial charge in [0.05, 0.1) is 17.8 Å². The Balaban J connectivity index is 3.16. The van der Waals surface area contributed by atoms with E-state index in [0.717, 1.165) is 19.1 Å². The van der Waals surface area contributed by atoms with E-state index in [1.807, 2.05) is 0 Å². The van der Waals surface area contributed by atoms with Crippen LogP contribution in [-0.2, 0) is 38.4 Å². The SMILES string of the molecule is CC(=O)N[C@@H](CC(=O)O)C(=O)N[C@@H](CCC(=O)O)C(=O)NC(C(=O)N[C@@H](CC(=O)O)C(=O)Nc1ccc([N+](=O)[O-])cc1)C(C)C. The van der Waals surface area contributed by atoms with Gasteiger partial charge in [-0.1, -0.05) is 13.8 Å². The summed E-state index contributed by atoms with van der Waals surface area (Å²) in [5.74, 6) is -9.94. The molecule has 0 heterocycles. The molecule has 1 aromatic carbocycles. The van der Waals surface area contributed by atoms with Gasteiger partial charge < -0.3 is 41.9 Å². The summed E-state index contributed by atoms with van der Waals surface area (Å²) in [4.78, 5) is 107. The summed E-state index contributed by atoms with van der Waals surface area (Å²) in [6.45, 7) is 3.99. The van der Waals surface area contributed by atoms with Crippen LogP contribution in [0.5, 0.6) is 0 Å². The van der Waals surface area contributed by atoms with Gasteiger partial charge in [-0.25, -0.2) is 0 Å². The Morgan fingerprint density at radius 1 is 0.711 bits per heavy atom. The summed E-state index contributed by atoms with van der Waals surface area (Å²) < 4.78 is 0. The summed E-state index contributed by atoms with van der Waals surface area (Å²) in [7, 11) is 0. The van der Waals surface area contributed by atoms with Gasteiger partial charge in [0.25, 0.3) is 5.69 Å². The zero-order valence-electron chi connectivity index (χ0n) is 24.4. The van der Waals surface area contributed by atoms with Crippen LogP contribution in [0.15, 0.2) is 24.3 Å². The minimum absolute atomic E-state index is 0.0569. The first-order valence-electron chi connectivity index (χ1n) is 13.3. The Bertz CT molecular complexity index is 1300. The number of benzene rings is 1. The average Bonchev–Trinajstić information content (AvgIpc) is 2.92. The van der Waals surface area contributed by atoms with E-state index in [9.17, 15) is 53.6 Å². The summed E-state index contributed by atoms with van der Waals surface area (Å²) in [6, 6.07) is -1.82. The molecular weight excluding hydrogens is 604 g/mol. The molecule has 1 aromatic rings. The second-order valence-electron chi connectivity index (χ2n) is 10.0. The number of nitrogens with one attached hydrogen (secondary N) is 5. The largest absolute Gasteiger partial charge is 0.481 e. The maximum atomic E-state index is 13.2. The number of hydrogen-bond donors (Lipinski definition) is 8. The second kappa shape index (κ2) is 17.5. The fraction of sp³-hybridized carbons (Fsp3) is 0.462. The van der Waals surface area contributed by atoms with Crippen molar-refractivity contribution in [1.82, 2.24) is 21.3 Å². The molecule has 246 valence electrons. The highest BCUT2D eigenvalue weighted by atomic mass is 16.6. The number of carbonyl (C=O) groups excluding carboxylic acids is 5. The quantitative estimate of drug-likeness (QED) is 0.0705. The van der Waals surface area contributed by atoms with Crippen LogP contribution in [0.2, 0.25) is 0 Å². The molecule has 8 N–H and O–H groups in total. The number of nitro benzene ring substituents is 1. The van der Waals surface area contributed by atoms with E-state index >= 15 is 0 Å². The van der Waals surface area contributed by atoms with Gasteiger partial charge in [0.15, 0.2) is 0 Å². The molecule has 0 saturated carbocycles. The summed E-state index contributed by atoms with van der Waals surface area (Å²) in [5, 5.41) is 49.5. The van der Waals surface area contributed by atoms with Crippen LogP contribution >= 0.6 is 0 Å². The molecule has 4 atom stereocenters. The van der Waals surface area contributed by atoms with Gasteiger partial charge in [-0.3, -0.25) is 48.5 Å². The predicted octanol–water partition coefficient (Wildman–Crippen LogP) is -1.04. The van der Waals surface area contributed by atoms with Crippen LogP contribution in [0.1, 0.15) is 46.5 Å². The van der Waals surface area contributed by atoms with Crippen molar-refractivity contribution in [1.29, 1.82) is 0 Å². The van der Waals surface area contributed by atoms with Gasteiger partial charge in [0, 0.05) is 31.2 Å². The molecule has 5 amide bonds. The first-order valence-corrected chi connectivity index (χ1v) is 13.3. The molecule has 1 unspecified atom stereocenters. The fourth-order valence-electron chi connectivity index (χ4n) is 3.77. The Morgan fingerprint density at radius 3 is 1.64 bits per heavy atom. The number of anilines is 1. The smallest absolute Gasteiger partial charge is 0.305 e. The molecule has 0 bridgehead atoms. The number of carboxylic acid groups (broad SMARTS) is 3. The van der Waals surface area contributed by atoms with Gasteiger partial charge in [-0.2, -0.15) is 0 Å². The van der Waals surface area contributed by atoms with E-state index in [2.05, 4.69) is 26.6 Å². The van der Waals surface area contributed by atoms with Gasteiger partial charge in [-0.05, 0) is 24.5 Å². The molecule has 45 heavy (non-hydrogen) atoms. The molecule has 1 rings (SSSR count). The van der Waals surface area contributed by atoms with Crippen molar-refractivity contribution in [3.63, 3.8) is 0 Å². The van der Waals surface area contributed by atoms with Crippen molar-refractivity contribution in [3.05, 3.63) is 34.4 Å². The summed E-state index contributed by atoms with van der Waals surface area (Å²) in [6.07, 6.45) is -2.89. The Kier molecular flexibility index (Phi) is 14.5. The minimum Gasteiger partial charge on any atom is -0.481 e. The van der Waals surface area contributed by atoms with Gasteiger partial charge in [-0.15, -0.1) is 0 Å². The van der Waals surface area contributed by atoms with Crippen LogP contribution in [0.3, 0.4) is 0 Å². The van der Waals surface area contributed by atoms with Gasteiger partial charge in [0.2, 0.25) is 29.5 Å². The number of hydrogen-bond acceptors (Lipinski definition) is 10. The van der Waals surface area contributed by atoms with E-state index in [4.69, 9.17) is 10.2 Å². The number of carboxylic acids is 3. The maximum Gasteiger partial charge on any atom is 0.305 e. The van der Waals surface area contributed by atoms with Crippen LogP contribution < -0.4 is 26.6 Å². The number of aliphatic carboxylic acids is 3. The summed E-state index contributed by atoms with van der Waals surface area (Å²) in [5.41, 5.74) is -0.217. The number of nitro groups is 1. The monoisotopic (exact) mass is 638 g/mol. The maximum absolute atomic E-state index is 13.2. The minimum atomic E-state index is -1.68. The van der Waals surface area contributed by atoms with E-state index in [1.54, 1.807) is 0 Å². The zero-order valence-corrected chi connectivity index (χ0v) is 24.4. The number of non-ortho nitro benzene ring substituents is 1. The van der Waals surface area contributed by atoms with Crippen LogP contribution in [0, 0.1) is 16.0 Å². The van der Waals surface area contributed by atoms with E-state index < -0.39 is 108 Å². The third-order valence-electron chi connectivity index (χ3n) is 5.96. The van der Waals surface area contributed by atoms with Gasteiger partial charge in [0.1, 0.15) is 24.2 Å². The molecule has 0 radical (unpaired) electrons. The first-order chi connectivity index (χ1) is 20.9. The lowest BCUT2D eigenvalue weighted by atomic mass is 10.0. The number of amides is 5. The lowest BCUT2D eigenvalue weighted by molar-refractivity contribution is -0.384. The highest BCUT2D eigenvalue weighted by Gasteiger charge is 2.34. The Morgan fingerprint density at radius 2 is 1.20 bits per heavy atom. The van der Waals surface area contributed by atoms with Gasteiger partial charge >= 0.3 is 17.9 Å². The lowest BCUT2D eigenvalue weighted by Crippen LogP contribution is -2.59. The second-order valence-corrected chi connectivity index (χ2v) is 10.0. The molecule has 0 fully saturated rings. The molecule has 0 spiro atoms.